The Bertz CT molecular complexity index is 692. The van der Waals surface area contributed by atoms with Gasteiger partial charge in [0.1, 0.15) is 0 Å². The summed E-state index contributed by atoms with van der Waals surface area (Å²) in [6.07, 6.45) is 2.99. The highest BCUT2D eigenvalue weighted by Crippen LogP contribution is 2.22. The van der Waals surface area contributed by atoms with E-state index in [1.807, 2.05) is 26.2 Å². The molecule has 9 heteroatoms. The minimum absolute atomic E-state index is 0.000770. The van der Waals surface area contributed by atoms with Crippen LogP contribution in [0, 0.1) is 0 Å². The van der Waals surface area contributed by atoms with Gasteiger partial charge in [-0.15, -0.1) is 11.3 Å². The van der Waals surface area contributed by atoms with E-state index in [1.165, 1.54) is 23.9 Å². The van der Waals surface area contributed by atoms with E-state index >= 15 is 0 Å². The summed E-state index contributed by atoms with van der Waals surface area (Å²) in [5, 5.41) is 5.42. The zero-order valence-corrected chi connectivity index (χ0v) is 13.8. The quantitative estimate of drug-likeness (QED) is 0.809. The zero-order valence-electron chi connectivity index (χ0n) is 12.2. The van der Waals surface area contributed by atoms with Crippen LogP contribution in [0.25, 0.3) is 0 Å². The molecule has 2 heterocycles. The van der Waals surface area contributed by atoms with Crippen LogP contribution in [0.5, 0.6) is 0 Å². The van der Waals surface area contributed by atoms with Crippen molar-refractivity contribution in [2.45, 2.75) is 38.4 Å². The number of hydrogen-bond acceptors (Lipinski definition) is 6. The van der Waals surface area contributed by atoms with Crippen molar-refractivity contribution in [3.63, 3.8) is 0 Å². The third-order valence-electron chi connectivity index (χ3n) is 2.95. The molecule has 0 aliphatic heterocycles. The highest BCUT2D eigenvalue weighted by atomic mass is 32.2. The first-order valence-electron chi connectivity index (χ1n) is 6.69. The normalized spacial score (nSPS) is 13.3. The zero-order chi connectivity index (χ0) is 15.5. The highest BCUT2D eigenvalue weighted by molar-refractivity contribution is 7.92. The van der Waals surface area contributed by atoms with Gasteiger partial charge in [-0.05, 0) is 20.4 Å². The highest BCUT2D eigenvalue weighted by Gasteiger charge is 2.19. The minimum atomic E-state index is -3.68. The summed E-state index contributed by atoms with van der Waals surface area (Å²) in [7, 11) is -3.68. The molecule has 0 aliphatic carbocycles. The average Bonchev–Trinajstić information content (AvgIpc) is 3.07. The van der Waals surface area contributed by atoms with E-state index in [2.05, 4.69) is 20.0 Å². The van der Waals surface area contributed by atoms with Crippen LogP contribution in [0.1, 0.15) is 32.5 Å². The molecule has 1 unspecified atom stereocenters. The van der Waals surface area contributed by atoms with Gasteiger partial charge in [-0.1, -0.05) is 6.92 Å². The summed E-state index contributed by atoms with van der Waals surface area (Å²) in [6.45, 7) is 7.41. The molecule has 0 saturated carbocycles. The summed E-state index contributed by atoms with van der Waals surface area (Å²) in [6, 6.07) is 0.0869. The lowest BCUT2D eigenvalue weighted by atomic mass is 10.3. The Kier molecular flexibility index (Phi) is 4.96. The van der Waals surface area contributed by atoms with E-state index in [0.29, 0.717) is 11.7 Å². The Labute approximate surface area is 128 Å². The van der Waals surface area contributed by atoms with Crippen LogP contribution < -0.4 is 10.0 Å². The molecule has 2 aromatic heterocycles. The fourth-order valence-electron chi connectivity index (χ4n) is 1.76. The maximum atomic E-state index is 12.2. The molecule has 0 saturated heterocycles. The number of hydrogen-bond donors (Lipinski definition) is 2. The summed E-state index contributed by atoms with van der Waals surface area (Å²) < 4.78 is 28.6. The van der Waals surface area contributed by atoms with E-state index in [4.69, 9.17) is 0 Å². The summed E-state index contributed by atoms with van der Waals surface area (Å²) in [5.74, 6) is 0. The number of anilines is 1. The molecule has 0 fully saturated rings. The third-order valence-corrected chi connectivity index (χ3v) is 5.08. The van der Waals surface area contributed by atoms with Crippen molar-refractivity contribution in [3.8, 4) is 0 Å². The number of aryl methyl sites for hydroxylation is 1. The van der Waals surface area contributed by atoms with E-state index in [0.717, 1.165) is 12.2 Å². The Balaban J connectivity index is 2.13. The molecule has 0 amide bonds. The van der Waals surface area contributed by atoms with Crippen molar-refractivity contribution >= 4 is 26.5 Å². The van der Waals surface area contributed by atoms with E-state index in [1.54, 1.807) is 4.57 Å². The molecule has 0 bridgehead atoms. The number of rotatable bonds is 7. The summed E-state index contributed by atoms with van der Waals surface area (Å²) in [5.41, 5.74) is 0.818. The number of thiazole rings is 1. The van der Waals surface area contributed by atoms with Gasteiger partial charge in [0.05, 0.1) is 12.0 Å². The lowest BCUT2D eigenvalue weighted by Crippen LogP contribution is -2.18. The van der Waals surface area contributed by atoms with Gasteiger partial charge >= 0.3 is 0 Å². The van der Waals surface area contributed by atoms with Gasteiger partial charge in [0.2, 0.25) is 0 Å². The standard InChI is InChI=1S/C12H19N5O2S2/c1-4-13-9(3)10-7-20-12(15-10)16-21(18,19)11-6-17(5-2)8-14-11/h6-9,13H,4-5H2,1-3H3,(H,15,16). The van der Waals surface area contributed by atoms with Gasteiger partial charge in [-0.25, -0.2) is 9.97 Å². The van der Waals surface area contributed by atoms with Gasteiger partial charge in [-0.2, -0.15) is 8.42 Å². The molecule has 116 valence electrons. The SMILES string of the molecule is CCNC(C)c1csc(NS(=O)(=O)c2cn(CC)cn2)n1. The molecule has 0 radical (unpaired) electrons. The Hall–Kier alpha value is -1.45. The van der Waals surface area contributed by atoms with Gasteiger partial charge in [0, 0.05) is 24.2 Å². The summed E-state index contributed by atoms with van der Waals surface area (Å²) in [4.78, 5) is 8.20. The molecule has 1 atom stereocenters. The first-order chi connectivity index (χ1) is 9.96. The largest absolute Gasteiger partial charge is 0.336 e. The van der Waals surface area contributed by atoms with E-state index in [-0.39, 0.29) is 11.1 Å². The van der Waals surface area contributed by atoms with Crippen LogP contribution in [0.4, 0.5) is 5.13 Å². The summed E-state index contributed by atoms with van der Waals surface area (Å²) >= 11 is 1.26. The number of sulfonamides is 1. The van der Waals surface area contributed by atoms with Crippen molar-refractivity contribution < 1.29 is 8.42 Å². The first kappa shape index (κ1) is 15.9. The second-order valence-electron chi connectivity index (χ2n) is 4.50. The predicted octanol–water partition coefficient (Wildman–Crippen LogP) is 1.83. The smallest absolute Gasteiger partial charge is 0.282 e. The van der Waals surface area contributed by atoms with Crippen LogP contribution in [-0.4, -0.2) is 29.5 Å². The Morgan fingerprint density at radius 2 is 2.19 bits per heavy atom. The van der Waals surface area contributed by atoms with E-state index in [9.17, 15) is 8.42 Å². The Morgan fingerprint density at radius 3 is 2.81 bits per heavy atom. The number of nitrogens with zero attached hydrogens (tertiary/aromatic N) is 3. The lowest BCUT2D eigenvalue weighted by Gasteiger charge is -2.08. The van der Waals surface area contributed by atoms with Crippen LogP contribution >= 0.6 is 11.3 Å². The average molecular weight is 329 g/mol. The molecule has 2 aromatic rings. The monoisotopic (exact) mass is 329 g/mol. The van der Waals surface area contributed by atoms with Gasteiger partial charge in [0.15, 0.2) is 10.2 Å². The van der Waals surface area contributed by atoms with Crippen LogP contribution in [0.15, 0.2) is 22.9 Å². The molecule has 2 rings (SSSR count). The Morgan fingerprint density at radius 1 is 1.43 bits per heavy atom. The van der Waals surface area contributed by atoms with Crippen molar-refractivity contribution in [3.05, 3.63) is 23.6 Å². The molecule has 2 N–H and O–H groups in total. The minimum Gasteiger partial charge on any atom is -0.336 e. The maximum Gasteiger partial charge on any atom is 0.282 e. The molecule has 7 nitrogen and oxygen atoms in total. The van der Waals surface area contributed by atoms with Crippen molar-refractivity contribution in [2.24, 2.45) is 0 Å². The second kappa shape index (κ2) is 6.54. The molecular formula is C12H19N5O2S2. The predicted molar refractivity (Wildman–Crippen MR) is 82.9 cm³/mol. The van der Waals surface area contributed by atoms with E-state index < -0.39 is 10.0 Å². The topological polar surface area (TPSA) is 88.9 Å². The number of aromatic nitrogens is 3. The third kappa shape index (κ3) is 3.80. The lowest BCUT2D eigenvalue weighted by molar-refractivity contribution is 0.586. The maximum absolute atomic E-state index is 12.2. The second-order valence-corrected chi connectivity index (χ2v) is 6.99. The van der Waals surface area contributed by atoms with Crippen molar-refractivity contribution in [1.82, 2.24) is 19.9 Å². The van der Waals surface area contributed by atoms with Crippen molar-refractivity contribution in [2.75, 3.05) is 11.3 Å². The van der Waals surface area contributed by atoms with Crippen LogP contribution in [-0.2, 0) is 16.6 Å². The fourth-order valence-corrected chi connectivity index (χ4v) is 3.77. The van der Waals surface area contributed by atoms with Gasteiger partial charge < -0.3 is 9.88 Å². The molecular weight excluding hydrogens is 310 g/mol. The van der Waals surface area contributed by atoms with Crippen LogP contribution in [0.3, 0.4) is 0 Å². The van der Waals surface area contributed by atoms with Gasteiger partial charge in [0.25, 0.3) is 10.0 Å². The molecule has 0 aromatic carbocycles. The fraction of sp³-hybridized carbons (Fsp3) is 0.500. The number of imidazole rings is 1. The molecule has 21 heavy (non-hydrogen) atoms. The van der Waals surface area contributed by atoms with Crippen LogP contribution in [0.2, 0.25) is 0 Å². The first-order valence-corrected chi connectivity index (χ1v) is 9.06. The molecule has 0 aliphatic rings. The van der Waals surface area contributed by atoms with Crippen molar-refractivity contribution in [1.29, 1.82) is 0 Å². The molecule has 0 spiro atoms. The van der Waals surface area contributed by atoms with Gasteiger partial charge in [-0.3, -0.25) is 4.72 Å². The number of nitrogens with one attached hydrogen (secondary N) is 2.